The van der Waals surface area contributed by atoms with Crippen LogP contribution in [0.4, 0.5) is 0 Å². The van der Waals surface area contributed by atoms with E-state index in [0.29, 0.717) is 19.6 Å². The Morgan fingerprint density at radius 2 is 1.70 bits per heavy atom. The first kappa shape index (κ1) is 29.2. The maximum atomic E-state index is 11.7. The number of nitrogens with one attached hydrogen (secondary N) is 3. The van der Waals surface area contributed by atoms with Gasteiger partial charge >= 0.3 is 0 Å². The number of hydrogen-bond donors (Lipinski definition) is 6. The molecule has 0 saturated carbocycles. The maximum Gasteiger partial charge on any atom is 0.231 e. The number of carbonyl (C=O) groups excluding carboxylic acids is 3. The van der Waals surface area contributed by atoms with Crippen molar-refractivity contribution in [3.05, 3.63) is 0 Å². The van der Waals surface area contributed by atoms with E-state index in [1.54, 1.807) is 0 Å². The third kappa shape index (κ3) is 11.7. The molecule has 0 bridgehead atoms. The van der Waals surface area contributed by atoms with E-state index in [0.717, 1.165) is 19.3 Å². The van der Waals surface area contributed by atoms with E-state index in [2.05, 4.69) is 16.0 Å². The summed E-state index contributed by atoms with van der Waals surface area (Å²) >= 11 is 0. The summed E-state index contributed by atoms with van der Waals surface area (Å²) in [5.41, 5.74) is 5.57. The summed E-state index contributed by atoms with van der Waals surface area (Å²) in [6.45, 7) is 5.88. The van der Waals surface area contributed by atoms with E-state index in [9.17, 15) is 24.6 Å². The van der Waals surface area contributed by atoms with Crippen LogP contribution in [-0.4, -0.2) is 91.1 Å². The summed E-state index contributed by atoms with van der Waals surface area (Å²) in [5.74, 6) is -1.10. The molecule has 33 heavy (non-hydrogen) atoms. The lowest BCUT2D eigenvalue weighted by Crippen LogP contribution is -2.65. The predicted molar refractivity (Wildman–Crippen MR) is 119 cm³/mol. The Kier molecular flexibility index (Phi) is 14.1. The average molecular weight is 477 g/mol. The highest BCUT2D eigenvalue weighted by Gasteiger charge is 2.44. The molecule has 12 nitrogen and oxygen atoms in total. The minimum Gasteiger partial charge on any atom is -0.388 e. The van der Waals surface area contributed by atoms with Crippen molar-refractivity contribution >= 4 is 17.7 Å². The highest BCUT2D eigenvalue weighted by Crippen LogP contribution is 2.22. The van der Waals surface area contributed by atoms with Crippen LogP contribution in [0.5, 0.6) is 0 Å². The molecule has 1 aliphatic rings. The lowest BCUT2D eigenvalue weighted by Gasteiger charge is -2.42. The van der Waals surface area contributed by atoms with Crippen LogP contribution in [-0.2, 0) is 28.6 Å². The van der Waals surface area contributed by atoms with Crippen molar-refractivity contribution in [2.45, 2.75) is 89.6 Å². The van der Waals surface area contributed by atoms with Crippen molar-refractivity contribution in [1.82, 2.24) is 16.0 Å². The molecule has 5 unspecified atom stereocenters. The highest BCUT2D eigenvalue weighted by molar-refractivity contribution is 5.96. The topological polar surface area (TPSA) is 181 Å². The lowest BCUT2D eigenvalue weighted by atomic mass is 9.96. The molecule has 0 aliphatic carbocycles. The molecule has 1 aliphatic heterocycles. The van der Waals surface area contributed by atoms with Crippen molar-refractivity contribution in [2.24, 2.45) is 5.73 Å². The standard InChI is InChI=1S/C21H40N4O8/c1-13(2)32-12-24-17(28)10-16(27)23-8-6-4-5-7-9-31-21-18(25-14(3)26)20(30)19(29)15(11-22)33-21/h13,15,18-21,29-30H,4-12,22H2,1-3H3,(H,23,27)(H,24,28)(H,25,26). The molecule has 5 atom stereocenters. The van der Waals surface area contributed by atoms with Gasteiger partial charge in [-0.15, -0.1) is 0 Å². The van der Waals surface area contributed by atoms with Crippen LogP contribution in [0.25, 0.3) is 0 Å². The number of nitrogens with two attached hydrogens (primary N) is 1. The van der Waals surface area contributed by atoms with Gasteiger partial charge in [0, 0.05) is 26.6 Å². The Morgan fingerprint density at radius 1 is 1.03 bits per heavy atom. The summed E-state index contributed by atoms with van der Waals surface area (Å²) in [5, 5.41) is 28.1. The molecular weight excluding hydrogens is 436 g/mol. The minimum atomic E-state index is -1.25. The molecule has 1 heterocycles. The number of ether oxygens (including phenoxy) is 3. The first-order valence-electron chi connectivity index (χ1n) is 11.4. The highest BCUT2D eigenvalue weighted by atomic mass is 16.7. The largest absolute Gasteiger partial charge is 0.388 e. The van der Waals surface area contributed by atoms with Gasteiger partial charge in [0.25, 0.3) is 0 Å². The number of rotatable bonds is 15. The normalized spacial score (nSPS) is 25.0. The van der Waals surface area contributed by atoms with E-state index in [4.69, 9.17) is 19.9 Å². The zero-order valence-corrected chi connectivity index (χ0v) is 19.7. The molecule has 192 valence electrons. The minimum absolute atomic E-state index is 0.000652. The number of amides is 3. The molecule has 0 radical (unpaired) electrons. The van der Waals surface area contributed by atoms with Crippen molar-refractivity contribution < 1.29 is 38.8 Å². The van der Waals surface area contributed by atoms with E-state index in [-0.39, 0.29) is 43.5 Å². The van der Waals surface area contributed by atoms with Gasteiger partial charge in [0.2, 0.25) is 17.7 Å². The molecule has 0 spiro atoms. The first-order chi connectivity index (χ1) is 15.6. The number of aliphatic hydroxyl groups is 2. The van der Waals surface area contributed by atoms with E-state index < -0.39 is 30.6 Å². The third-order valence-corrected chi connectivity index (χ3v) is 4.99. The van der Waals surface area contributed by atoms with Crippen LogP contribution < -0.4 is 21.7 Å². The Labute approximate surface area is 194 Å². The van der Waals surface area contributed by atoms with Crippen molar-refractivity contribution in [1.29, 1.82) is 0 Å². The van der Waals surface area contributed by atoms with Gasteiger partial charge in [0.1, 0.15) is 37.5 Å². The summed E-state index contributed by atoms with van der Waals surface area (Å²) in [7, 11) is 0. The quantitative estimate of drug-likeness (QED) is 0.0929. The molecule has 0 aromatic carbocycles. The van der Waals surface area contributed by atoms with Gasteiger partial charge in [-0.3, -0.25) is 14.4 Å². The number of hydrogen-bond acceptors (Lipinski definition) is 9. The second-order valence-electron chi connectivity index (χ2n) is 8.26. The zero-order valence-electron chi connectivity index (χ0n) is 19.7. The van der Waals surface area contributed by atoms with Crippen molar-refractivity contribution in [3.63, 3.8) is 0 Å². The predicted octanol–water partition coefficient (Wildman–Crippen LogP) is -1.52. The Bertz CT molecular complexity index is 607. The number of unbranched alkanes of at least 4 members (excludes halogenated alkanes) is 3. The molecule has 3 amide bonds. The fourth-order valence-electron chi connectivity index (χ4n) is 3.22. The smallest absolute Gasteiger partial charge is 0.231 e. The third-order valence-electron chi connectivity index (χ3n) is 4.99. The summed E-state index contributed by atoms with van der Waals surface area (Å²) < 4.78 is 16.5. The van der Waals surface area contributed by atoms with Crippen LogP contribution in [0.15, 0.2) is 0 Å². The van der Waals surface area contributed by atoms with Gasteiger partial charge < -0.3 is 46.1 Å². The van der Waals surface area contributed by atoms with Gasteiger partial charge in [-0.25, -0.2) is 0 Å². The monoisotopic (exact) mass is 476 g/mol. The van der Waals surface area contributed by atoms with Gasteiger partial charge in [0.05, 0.1) is 6.10 Å². The summed E-state index contributed by atoms with van der Waals surface area (Å²) in [6.07, 6.45) is -1.31. The van der Waals surface area contributed by atoms with Gasteiger partial charge in [-0.05, 0) is 26.7 Å². The Morgan fingerprint density at radius 3 is 2.33 bits per heavy atom. The average Bonchev–Trinajstić information content (AvgIpc) is 2.74. The van der Waals surface area contributed by atoms with Crippen molar-refractivity contribution in [2.75, 3.05) is 26.4 Å². The molecule has 1 fully saturated rings. The second kappa shape index (κ2) is 15.9. The van der Waals surface area contributed by atoms with Crippen LogP contribution >= 0.6 is 0 Å². The lowest BCUT2D eigenvalue weighted by molar-refractivity contribution is -0.262. The summed E-state index contributed by atoms with van der Waals surface area (Å²) in [4.78, 5) is 34.8. The molecule has 1 rings (SSSR count). The van der Waals surface area contributed by atoms with Crippen LogP contribution in [0.2, 0.25) is 0 Å². The summed E-state index contributed by atoms with van der Waals surface area (Å²) in [6, 6.07) is -0.898. The molecule has 1 saturated heterocycles. The SMILES string of the molecule is CC(=O)NC1C(OCCCCCCNC(=O)CC(=O)NCOC(C)C)OC(CN)C(O)C1O. The van der Waals surface area contributed by atoms with Crippen LogP contribution in [0.1, 0.15) is 52.9 Å². The number of carbonyl (C=O) groups is 3. The number of aliphatic hydroxyl groups excluding tert-OH is 2. The zero-order chi connectivity index (χ0) is 24.8. The van der Waals surface area contributed by atoms with E-state index >= 15 is 0 Å². The molecular formula is C21H40N4O8. The van der Waals surface area contributed by atoms with Gasteiger partial charge in [-0.2, -0.15) is 0 Å². The van der Waals surface area contributed by atoms with E-state index in [1.165, 1.54) is 6.92 Å². The fraction of sp³-hybridized carbons (Fsp3) is 0.857. The molecule has 12 heteroatoms. The second-order valence-corrected chi connectivity index (χ2v) is 8.26. The maximum absolute atomic E-state index is 11.7. The van der Waals surface area contributed by atoms with Crippen LogP contribution in [0, 0.1) is 0 Å². The molecule has 0 aromatic heterocycles. The van der Waals surface area contributed by atoms with E-state index in [1.807, 2.05) is 13.8 Å². The first-order valence-corrected chi connectivity index (χ1v) is 11.4. The molecule has 0 aromatic rings. The van der Waals surface area contributed by atoms with Gasteiger partial charge in [-0.1, -0.05) is 12.8 Å². The molecule has 7 N–H and O–H groups in total. The van der Waals surface area contributed by atoms with Crippen molar-refractivity contribution in [3.8, 4) is 0 Å². The Balaban J connectivity index is 2.18. The fourth-order valence-corrected chi connectivity index (χ4v) is 3.22. The van der Waals surface area contributed by atoms with Gasteiger partial charge in [0.15, 0.2) is 6.29 Å². The Hall–Kier alpha value is -1.83. The van der Waals surface area contributed by atoms with Crippen LogP contribution in [0.3, 0.4) is 0 Å².